The van der Waals surface area contributed by atoms with Crippen molar-refractivity contribution in [1.29, 1.82) is 0 Å². The molecule has 18 aromatic rings. The molecule has 0 aliphatic rings. The SMILES string of the molecule is c1ccc2c(c1)cn1c3c(cc(-c4ccc5c(c4)cn4c6c(ccc7oc8ccccc8c76)c6ccc7c8ccccc8sc7c6c54)c4oc5ccccc5c43)c3ccc4sc5ccccc5c4c3c21. The molecule has 4 nitrogen and oxygen atoms in total. The van der Waals surface area contributed by atoms with Crippen LogP contribution < -0.4 is 0 Å². The first kappa shape index (κ1) is 36.4. The van der Waals surface area contributed by atoms with Gasteiger partial charge in [-0.1, -0.05) is 127 Å². The third-order valence-corrected chi connectivity index (χ3v) is 18.0. The van der Waals surface area contributed by atoms with Gasteiger partial charge in [0.05, 0.1) is 32.8 Å². The molecule has 70 heavy (non-hydrogen) atoms. The second-order valence-electron chi connectivity index (χ2n) is 19.1. The minimum absolute atomic E-state index is 0.882. The van der Waals surface area contributed by atoms with E-state index in [1.165, 1.54) is 111 Å². The van der Waals surface area contributed by atoms with Crippen LogP contribution in [0.25, 0.3) is 171 Å². The Labute approximate surface area is 403 Å². The van der Waals surface area contributed by atoms with Crippen LogP contribution in [0.15, 0.2) is 203 Å². The van der Waals surface area contributed by atoms with Gasteiger partial charge in [-0.05, 0) is 70.9 Å². The number of nitrogens with zero attached hydrogens (tertiary/aromatic N) is 2. The van der Waals surface area contributed by atoms with Gasteiger partial charge in [0.25, 0.3) is 0 Å². The summed E-state index contributed by atoms with van der Waals surface area (Å²) in [4.78, 5) is 0. The molecule has 18 rings (SSSR count). The number of pyridine rings is 2. The Morgan fingerprint density at radius 3 is 1.76 bits per heavy atom. The molecular formula is C64H32N2O2S2. The highest BCUT2D eigenvalue weighted by Gasteiger charge is 2.26. The first-order valence-electron chi connectivity index (χ1n) is 23.8. The third kappa shape index (κ3) is 4.39. The maximum Gasteiger partial charge on any atom is 0.145 e. The largest absolute Gasteiger partial charge is 0.456 e. The summed E-state index contributed by atoms with van der Waals surface area (Å²) in [6, 6.07) is 67.0. The van der Waals surface area contributed by atoms with Crippen LogP contribution in [0.5, 0.6) is 0 Å². The Balaban J connectivity index is 1.02. The van der Waals surface area contributed by atoms with E-state index in [2.05, 4.69) is 203 Å². The predicted molar refractivity (Wildman–Crippen MR) is 299 cm³/mol. The second kappa shape index (κ2) is 12.7. The molecular weight excluding hydrogens is 893 g/mol. The lowest BCUT2D eigenvalue weighted by molar-refractivity contribution is 0.669. The maximum absolute atomic E-state index is 7.11. The summed E-state index contributed by atoms with van der Waals surface area (Å²) in [6.07, 6.45) is 4.73. The molecule has 322 valence electrons. The smallest absolute Gasteiger partial charge is 0.145 e. The Kier molecular flexibility index (Phi) is 6.59. The Morgan fingerprint density at radius 2 is 0.900 bits per heavy atom. The molecule has 0 atom stereocenters. The van der Waals surface area contributed by atoms with E-state index in [1.807, 2.05) is 22.7 Å². The van der Waals surface area contributed by atoms with Gasteiger partial charge in [-0.3, -0.25) is 0 Å². The molecule has 0 unspecified atom stereocenters. The molecule has 8 heterocycles. The third-order valence-electron chi connectivity index (χ3n) is 15.6. The Bertz CT molecular complexity index is 5440. The van der Waals surface area contributed by atoms with Gasteiger partial charge in [0.1, 0.15) is 22.3 Å². The zero-order valence-electron chi connectivity index (χ0n) is 37.0. The van der Waals surface area contributed by atoms with Crippen LogP contribution in [0.4, 0.5) is 0 Å². The van der Waals surface area contributed by atoms with E-state index >= 15 is 0 Å². The summed E-state index contributed by atoms with van der Waals surface area (Å²) in [5, 5.41) is 22.1. The van der Waals surface area contributed by atoms with Crippen LogP contribution >= 0.6 is 22.7 Å². The molecule has 0 saturated carbocycles. The maximum atomic E-state index is 7.11. The van der Waals surface area contributed by atoms with Crippen LogP contribution in [0.2, 0.25) is 0 Å². The molecule has 0 fully saturated rings. The minimum Gasteiger partial charge on any atom is -0.456 e. The number of rotatable bonds is 1. The minimum atomic E-state index is 0.882. The van der Waals surface area contributed by atoms with Crippen molar-refractivity contribution in [3.63, 3.8) is 0 Å². The monoisotopic (exact) mass is 924 g/mol. The second-order valence-corrected chi connectivity index (χ2v) is 21.2. The van der Waals surface area contributed by atoms with Gasteiger partial charge in [-0.15, -0.1) is 22.7 Å². The van der Waals surface area contributed by atoms with Crippen molar-refractivity contribution in [3.8, 4) is 11.1 Å². The van der Waals surface area contributed by atoms with Crippen molar-refractivity contribution in [2.24, 2.45) is 0 Å². The van der Waals surface area contributed by atoms with E-state index in [-0.39, 0.29) is 0 Å². The van der Waals surface area contributed by atoms with Gasteiger partial charge in [-0.25, -0.2) is 0 Å². The molecule has 0 spiro atoms. The van der Waals surface area contributed by atoms with Crippen LogP contribution in [0.1, 0.15) is 0 Å². The highest BCUT2D eigenvalue weighted by molar-refractivity contribution is 7.27. The summed E-state index contributed by atoms with van der Waals surface area (Å²) < 4.78 is 23.9. The number of thiophene rings is 2. The van der Waals surface area contributed by atoms with Crippen LogP contribution in [-0.2, 0) is 0 Å². The average Bonchev–Trinajstić information content (AvgIpc) is 4.27. The van der Waals surface area contributed by atoms with Crippen molar-refractivity contribution < 1.29 is 8.83 Å². The van der Waals surface area contributed by atoms with E-state index < -0.39 is 0 Å². The summed E-state index contributed by atoms with van der Waals surface area (Å²) in [6.45, 7) is 0. The standard InChI is InChI=1S/C64H32N2O2S2/c1-2-12-36-34(11-1)31-65-59(36)56-40(26-28-53-55(56)45-16-6-10-20-52(45)69-53)47-30-46(63-57(62(47)65)44-15-4-8-18-49(44)68-63)33-21-22-37-35(29-33)32-66-60(37)58-39(23-24-42-38-13-5-9-19-51(38)70-64(42)58)41-25-27-50-54(61(41)66)43-14-3-7-17-48(43)67-50/h1-32H. The van der Waals surface area contributed by atoms with Gasteiger partial charge < -0.3 is 17.6 Å². The van der Waals surface area contributed by atoms with Crippen LogP contribution in [0, 0.1) is 0 Å². The molecule has 6 heteroatoms. The fraction of sp³-hybridized carbons (Fsp3) is 0. The van der Waals surface area contributed by atoms with Gasteiger partial charge in [-0.2, -0.15) is 0 Å². The van der Waals surface area contributed by atoms with Gasteiger partial charge >= 0.3 is 0 Å². The highest BCUT2D eigenvalue weighted by atomic mass is 32.1. The van der Waals surface area contributed by atoms with Gasteiger partial charge in [0.2, 0.25) is 0 Å². The summed E-state index contributed by atoms with van der Waals surface area (Å²) in [5.74, 6) is 0. The molecule has 10 aromatic carbocycles. The molecule has 0 amide bonds. The van der Waals surface area contributed by atoms with Crippen molar-refractivity contribution in [2.75, 3.05) is 0 Å². The van der Waals surface area contributed by atoms with Crippen molar-refractivity contribution >= 4 is 183 Å². The first-order chi connectivity index (χ1) is 34.7. The molecule has 0 radical (unpaired) electrons. The molecule has 0 aliphatic heterocycles. The van der Waals surface area contributed by atoms with Crippen LogP contribution in [0.3, 0.4) is 0 Å². The van der Waals surface area contributed by atoms with Gasteiger partial charge in [0.15, 0.2) is 0 Å². The Morgan fingerprint density at radius 1 is 0.314 bits per heavy atom. The molecule has 0 saturated heterocycles. The normalized spacial score (nSPS) is 12.9. The zero-order chi connectivity index (χ0) is 45.1. The van der Waals surface area contributed by atoms with E-state index in [4.69, 9.17) is 8.83 Å². The van der Waals surface area contributed by atoms with E-state index in [0.717, 1.165) is 60.5 Å². The lowest BCUT2D eigenvalue weighted by Gasteiger charge is -2.15. The molecule has 0 bridgehead atoms. The van der Waals surface area contributed by atoms with E-state index in [9.17, 15) is 0 Å². The topological polar surface area (TPSA) is 35.1 Å². The lowest BCUT2D eigenvalue weighted by atomic mass is 9.93. The van der Waals surface area contributed by atoms with Crippen molar-refractivity contribution in [3.05, 3.63) is 194 Å². The highest BCUT2D eigenvalue weighted by Crippen LogP contribution is 2.51. The zero-order valence-corrected chi connectivity index (χ0v) is 38.6. The van der Waals surface area contributed by atoms with Crippen molar-refractivity contribution in [2.45, 2.75) is 0 Å². The lowest BCUT2D eigenvalue weighted by Crippen LogP contribution is -1.93. The number of benzene rings is 10. The number of furan rings is 2. The predicted octanol–water partition coefficient (Wildman–Crippen LogP) is 19.3. The summed E-state index contributed by atoms with van der Waals surface area (Å²) in [5.41, 5.74) is 10.5. The van der Waals surface area contributed by atoms with Crippen LogP contribution in [-0.4, -0.2) is 8.80 Å². The number of hydrogen-bond donors (Lipinski definition) is 0. The number of aromatic nitrogens is 2. The average molecular weight is 925 g/mol. The van der Waals surface area contributed by atoms with Gasteiger partial charge in [0, 0.05) is 112 Å². The summed E-state index contributed by atoms with van der Waals surface area (Å²) in [7, 11) is 0. The summed E-state index contributed by atoms with van der Waals surface area (Å²) >= 11 is 3.78. The Hall–Kier alpha value is -8.68. The number of fused-ring (bicyclic) bond motifs is 32. The van der Waals surface area contributed by atoms with E-state index in [1.54, 1.807) is 0 Å². The quantitative estimate of drug-likeness (QED) is 0.154. The van der Waals surface area contributed by atoms with Crippen molar-refractivity contribution in [1.82, 2.24) is 8.80 Å². The molecule has 0 aliphatic carbocycles. The fourth-order valence-corrected chi connectivity index (χ4v) is 15.1. The molecule has 8 aromatic heterocycles. The number of para-hydroxylation sites is 2. The van der Waals surface area contributed by atoms with E-state index in [0.29, 0.717) is 0 Å². The number of hydrogen-bond acceptors (Lipinski definition) is 4. The fourth-order valence-electron chi connectivity index (χ4n) is 12.8. The molecule has 0 N–H and O–H groups in total. The first-order valence-corrected chi connectivity index (χ1v) is 25.4.